The molecule has 9 heteroatoms. The van der Waals surface area contributed by atoms with Crippen LogP contribution in [0.1, 0.15) is 35.5 Å². The molecule has 1 fully saturated rings. The van der Waals surface area contributed by atoms with Crippen LogP contribution in [0.25, 0.3) is 11.4 Å². The molecule has 1 aromatic heterocycles. The fourth-order valence-electron chi connectivity index (χ4n) is 4.66. The van der Waals surface area contributed by atoms with Gasteiger partial charge in [-0.15, -0.1) is 0 Å². The monoisotopic (exact) mass is 516 g/mol. The lowest BCUT2D eigenvalue weighted by Crippen LogP contribution is -2.30. The van der Waals surface area contributed by atoms with Gasteiger partial charge in [0.1, 0.15) is 0 Å². The number of carbonyl (C=O) groups excluding carboxylic acids is 2. The number of fused-ring (bicyclic) bond motifs is 2. The molecule has 0 N–H and O–H groups in total. The highest BCUT2D eigenvalue weighted by Gasteiger charge is 2.35. The van der Waals surface area contributed by atoms with Crippen LogP contribution in [0.5, 0.6) is 0 Å². The van der Waals surface area contributed by atoms with Crippen LogP contribution in [0, 0.1) is 0 Å². The van der Waals surface area contributed by atoms with E-state index in [1.54, 1.807) is 33.7 Å². The SMILES string of the molecule is CCN1C(=O)c2ccccc2Sc2cc(-c3noc(C4CC(=O)N(c5cccc(Cl)c5)C4)n3)ccc21. The van der Waals surface area contributed by atoms with Crippen LogP contribution in [0.2, 0.25) is 5.02 Å². The van der Waals surface area contributed by atoms with Crippen molar-refractivity contribution in [2.75, 3.05) is 22.9 Å². The lowest BCUT2D eigenvalue weighted by atomic mass is 10.1. The maximum atomic E-state index is 13.1. The third-order valence-corrected chi connectivity index (χ3v) is 7.80. The Labute approximate surface area is 217 Å². The molecule has 6 rings (SSSR count). The zero-order valence-electron chi connectivity index (χ0n) is 19.3. The summed E-state index contributed by atoms with van der Waals surface area (Å²) in [6.45, 7) is 2.98. The van der Waals surface area contributed by atoms with Crippen molar-refractivity contribution in [2.24, 2.45) is 0 Å². The van der Waals surface area contributed by atoms with E-state index in [9.17, 15) is 9.59 Å². The second-order valence-electron chi connectivity index (χ2n) is 8.67. The summed E-state index contributed by atoms with van der Waals surface area (Å²) < 4.78 is 5.61. The van der Waals surface area contributed by atoms with Gasteiger partial charge in [-0.3, -0.25) is 9.59 Å². The maximum Gasteiger partial charge on any atom is 0.259 e. The van der Waals surface area contributed by atoms with Gasteiger partial charge in [0, 0.05) is 45.6 Å². The third kappa shape index (κ3) is 3.96. The second kappa shape index (κ2) is 9.11. The number of halogens is 1. The van der Waals surface area contributed by atoms with Crippen molar-refractivity contribution in [3.05, 3.63) is 83.2 Å². The third-order valence-electron chi connectivity index (χ3n) is 6.44. The predicted molar refractivity (Wildman–Crippen MR) is 139 cm³/mol. The van der Waals surface area contributed by atoms with E-state index >= 15 is 0 Å². The molecular formula is C27H21ClN4O3S. The molecule has 0 aliphatic carbocycles. The molecule has 2 aliphatic heterocycles. The molecule has 3 heterocycles. The Morgan fingerprint density at radius 1 is 1.06 bits per heavy atom. The summed E-state index contributed by atoms with van der Waals surface area (Å²) in [5.41, 5.74) is 3.09. The van der Waals surface area contributed by atoms with Crippen molar-refractivity contribution in [1.29, 1.82) is 0 Å². The minimum atomic E-state index is -0.201. The van der Waals surface area contributed by atoms with Crippen LogP contribution >= 0.6 is 23.4 Å². The summed E-state index contributed by atoms with van der Waals surface area (Å²) in [7, 11) is 0. The Morgan fingerprint density at radius 3 is 2.75 bits per heavy atom. The zero-order valence-corrected chi connectivity index (χ0v) is 20.9. The Hall–Kier alpha value is -3.62. The van der Waals surface area contributed by atoms with Crippen molar-refractivity contribution >= 4 is 46.6 Å². The second-order valence-corrected chi connectivity index (χ2v) is 10.2. The number of carbonyl (C=O) groups is 2. The van der Waals surface area contributed by atoms with Gasteiger partial charge in [0.2, 0.25) is 17.6 Å². The molecule has 1 saturated heterocycles. The molecule has 7 nitrogen and oxygen atoms in total. The average Bonchev–Trinajstić information content (AvgIpc) is 3.50. The minimum Gasteiger partial charge on any atom is -0.339 e. The molecule has 2 aliphatic rings. The Kier molecular flexibility index (Phi) is 5.78. The molecule has 0 spiro atoms. The highest BCUT2D eigenvalue weighted by molar-refractivity contribution is 7.99. The summed E-state index contributed by atoms with van der Waals surface area (Å²) in [6.07, 6.45) is 0.290. The highest BCUT2D eigenvalue weighted by atomic mass is 35.5. The lowest BCUT2D eigenvalue weighted by molar-refractivity contribution is -0.117. The van der Waals surface area contributed by atoms with E-state index in [2.05, 4.69) is 10.1 Å². The summed E-state index contributed by atoms with van der Waals surface area (Å²) >= 11 is 7.66. The van der Waals surface area contributed by atoms with Crippen molar-refractivity contribution in [2.45, 2.75) is 29.1 Å². The number of rotatable bonds is 4. The average molecular weight is 517 g/mol. The number of benzene rings is 3. The van der Waals surface area contributed by atoms with E-state index in [4.69, 9.17) is 16.1 Å². The summed E-state index contributed by atoms with van der Waals surface area (Å²) in [5, 5.41) is 4.79. The number of hydrogen-bond acceptors (Lipinski definition) is 6. The van der Waals surface area contributed by atoms with E-state index in [1.165, 1.54) is 0 Å². The van der Waals surface area contributed by atoms with Crippen LogP contribution in [0.4, 0.5) is 11.4 Å². The van der Waals surface area contributed by atoms with Gasteiger partial charge in [0.05, 0.1) is 17.2 Å². The fraction of sp³-hybridized carbons (Fsp3) is 0.185. The minimum absolute atomic E-state index is 0.00793. The Morgan fingerprint density at radius 2 is 1.92 bits per heavy atom. The van der Waals surface area contributed by atoms with Crippen LogP contribution < -0.4 is 9.80 Å². The first-order valence-electron chi connectivity index (χ1n) is 11.6. The van der Waals surface area contributed by atoms with E-state index in [-0.39, 0.29) is 17.7 Å². The van der Waals surface area contributed by atoms with Gasteiger partial charge in [0.25, 0.3) is 5.91 Å². The number of anilines is 2. The summed E-state index contributed by atoms with van der Waals surface area (Å²) in [5.74, 6) is 0.665. The van der Waals surface area contributed by atoms with Gasteiger partial charge < -0.3 is 14.3 Å². The Balaban J connectivity index is 1.29. The van der Waals surface area contributed by atoms with Crippen molar-refractivity contribution < 1.29 is 14.1 Å². The van der Waals surface area contributed by atoms with Crippen LogP contribution in [-0.2, 0) is 4.79 Å². The van der Waals surface area contributed by atoms with Gasteiger partial charge >= 0.3 is 0 Å². The first-order valence-corrected chi connectivity index (χ1v) is 12.8. The number of hydrogen-bond donors (Lipinski definition) is 0. The number of amides is 2. The smallest absolute Gasteiger partial charge is 0.259 e. The molecule has 1 atom stereocenters. The highest BCUT2D eigenvalue weighted by Crippen LogP contribution is 2.43. The number of nitrogens with zero attached hydrogens (tertiary/aromatic N) is 4. The molecule has 0 bridgehead atoms. The van der Waals surface area contributed by atoms with Crippen molar-refractivity contribution in [1.82, 2.24) is 10.1 Å². The normalized spacial score (nSPS) is 17.2. The van der Waals surface area contributed by atoms with Gasteiger partial charge in [-0.05, 0) is 55.5 Å². The Bertz CT molecular complexity index is 1500. The van der Waals surface area contributed by atoms with Crippen molar-refractivity contribution in [3.8, 4) is 11.4 Å². The lowest BCUT2D eigenvalue weighted by Gasteiger charge is -2.21. The largest absolute Gasteiger partial charge is 0.339 e. The summed E-state index contributed by atoms with van der Waals surface area (Å²) in [4.78, 5) is 35.8. The van der Waals surface area contributed by atoms with Crippen LogP contribution in [0.15, 0.2) is 81.0 Å². The first-order chi connectivity index (χ1) is 17.5. The maximum absolute atomic E-state index is 13.1. The first kappa shape index (κ1) is 22.8. The predicted octanol–water partition coefficient (Wildman–Crippen LogP) is 6.04. The standard InChI is InChI=1S/C27H21ClN4O3S/c1-2-31-21-11-10-16(12-23(21)36-22-9-4-3-8-20(22)27(31)34)25-29-26(35-30-25)17-13-24(33)32(15-17)19-7-5-6-18(28)14-19/h3-12,14,17H,2,13,15H2,1H3. The summed E-state index contributed by atoms with van der Waals surface area (Å²) in [6, 6.07) is 20.7. The molecule has 0 saturated carbocycles. The molecule has 0 radical (unpaired) electrons. The molecular weight excluding hydrogens is 496 g/mol. The van der Waals surface area contributed by atoms with Crippen molar-refractivity contribution in [3.63, 3.8) is 0 Å². The van der Waals surface area contributed by atoms with Gasteiger partial charge in [-0.1, -0.05) is 46.7 Å². The molecule has 180 valence electrons. The van der Waals surface area contributed by atoms with E-state index in [0.29, 0.717) is 41.8 Å². The van der Waals surface area contributed by atoms with E-state index < -0.39 is 0 Å². The quantitative estimate of drug-likeness (QED) is 0.329. The number of aromatic nitrogens is 2. The topological polar surface area (TPSA) is 79.5 Å². The molecule has 4 aromatic rings. The zero-order chi connectivity index (χ0) is 24.8. The molecule has 2 amide bonds. The van der Waals surface area contributed by atoms with E-state index in [0.717, 1.165) is 26.7 Å². The fourth-order valence-corrected chi connectivity index (χ4v) is 5.96. The van der Waals surface area contributed by atoms with Crippen LogP contribution in [-0.4, -0.2) is 35.0 Å². The molecule has 36 heavy (non-hydrogen) atoms. The van der Waals surface area contributed by atoms with E-state index in [1.807, 2.05) is 61.5 Å². The van der Waals surface area contributed by atoms with Crippen LogP contribution in [0.3, 0.4) is 0 Å². The molecule has 1 unspecified atom stereocenters. The van der Waals surface area contributed by atoms with Gasteiger partial charge in [-0.25, -0.2) is 0 Å². The molecule has 3 aromatic carbocycles. The van der Waals surface area contributed by atoms with Gasteiger partial charge in [0.15, 0.2) is 0 Å². The van der Waals surface area contributed by atoms with Gasteiger partial charge in [-0.2, -0.15) is 4.98 Å².